The first-order valence-electron chi connectivity index (χ1n) is 5.15. The summed E-state index contributed by atoms with van der Waals surface area (Å²) in [5.74, 6) is -0.857. The van der Waals surface area contributed by atoms with Gasteiger partial charge in [0.25, 0.3) is 0 Å². The Morgan fingerprint density at radius 3 is 2.41 bits per heavy atom. The summed E-state index contributed by atoms with van der Waals surface area (Å²) >= 11 is 0. The Bertz CT molecular complexity index is 425. The zero-order chi connectivity index (χ0) is 12.8. The van der Waals surface area contributed by atoms with Gasteiger partial charge >= 0.3 is 11.9 Å². The van der Waals surface area contributed by atoms with E-state index >= 15 is 0 Å². The van der Waals surface area contributed by atoms with Crippen LogP contribution in [0.15, 0.2) is 37.4 Å². The summed E-state index contributed by atoms with van der Waals surface area (Å²) in [5, 5.41) is 0. The number of ether oxygens (including phenoxy) is 2. The van der Waals surface area contributed by atoms with E-state index in [2.05, 4.69) is 13.2 Å². The normalized spacial score (nSPS) is 18.5. The molecule has 1 aromatic rings. The molecule has 0 saturated heterocycles. The zero-order valence-corrected chi connectivity index (χ0v) is 9.64. The smallest absolute Gasteiger partial charge is 0.338 e. The first-order valence-corrected chi connectivity index (χ1v) is 5.15. The van der Waals surface area contributed by atoms with Crippen molar-refractivity contribution < 1.29 is 19.1 Å². The number of hydrogen-bond donors (Lipinski definition) is 0. The molecule has 2 rings (SSSR count). The molecule has 1 aliphatic heterocycles. The van der Waals surface area contributed by atoms with Crippen molar-refractivity contribution in [2.24, 2.45) is 0 Å². The van der Waals surface area contributed by atoms with E-state index in [4.69, 9.17) is 9.47 Å². The van der Waals surface area contributed by atoms with Crippen molar-refractivity contribution in [1.29, 1.82) is 0 Å². The van der Waals surface area contributed by atoms with Gasteiger partial charge in [0.1, 0.15) is 12.7 Å². The minimum Gasteiger partial charge on any atom is -0.458 e. The van der Waals surface area contributed by atoms with Gasteiger partial charge < -0.3 is 9.47 Å². The van der Waals surface area contributed by atoms with Crippen LogP contribution in [0.5, 0.6) is 0 Å². The first-order chi connectivity index (χ1) is 8.16. The lowest BCUT2D eigenvalue weighted by atomic mass is 10.1. The highest BCUT2D eigenvalue weighted by Gasteiger charge is 2.19. The Kier molecular flexibility index (Phi) is 4.46. The molecule has 1 atom stereocenters. The molecule has 0 saturated carbocycles. The van der Waals surface area contributed by atoms with Crippen LogP contribution in [0.1, 0.15) is 27.6 Å². The molecule has 90 valence electrons. The maximum Gasteiger partial charge on any atom is 0.338 e. The van der Waals surface area contributed by atoms with E-state index in [0.29, 0.717) is 11.1 Å². The molecule has 0 aromatic heterocycles. The van der Waals surface area contributed by atoms with Crippen LogP contribution in [0.2, 0.25) is 0 Å². The van der Waals surface area contributed by atoms with Gasteiger partial charge in [0.15, 0.2) is 0 Å². The average Bonchev–Trinajstić information content (AvgIpc) is 2.40. The summed E-state index contributed by atoms with van der Waals surface area (Å²) in [6, 6.07) is 6.32. The second-order valence-corrected chi connectivity index (χ2v) is 3.40. The number of carbonyl (C=O) groups excluding carboxylic acids is 2. The monoisotopic (exact) mass is 234 g/mol. The molecule has 4 heteroatoms. The molecule has 2 bridgehead atoms. The van der Waals surface area contributed by atoms with Gasteiger partial charge in [-0.1, -0.05) is 6.07 Å². The molecular weight excluding hydrogens is 220 g/mol. The van der Waals surface area contributed by atoms with Gasteiger partial charge in [0.2, 0.25) is 0 Å². The lowest BCUT2D eigenvalue weighted by Gasteiger charge is -2.10. The van der Waals surface area contributed by atoms with Crippen LogP contribution in [0.3, 0.4) is 0 Å². The third kappa shape index (κ3) is 3.17. The predicted molar refractivity (Wildman–Crippen MR) is 62.9 cm³/mol. The molecule has 1 aliphatic rings. The lowest BCUT2D eigenvalue weighted by molar-refractivity contribution is 0.00556. The predicted octanol–water partition coefficient (Wildman–Crippen LogP) is 2.20. The highest BCUT2D eigenvalue weighted by Crippen LogP contribution is 2.12. The van der Waals surface area contributed by atoms with E-state index < -0.39 is 18.0 Å². The number of cyclic esters (lactones) is 2. The van der Waals surface area contributed by atoms with Crippen LogP contribution in [0.25, 0.3) is 0 Å². The maximum absolute atomic E-state index is 11.5. The minimum atomic E-state index is -0.429. The number of hydrogen-bond acceptors (Lipinski definition) is 4. The third-order valence-electron chi connectivity index (χ3n) is 2.09. The molecule has 0 fully saturated rings. The largest absolute Gasteiger partial charge is 0.458 e. The van der Waals surface area contributed by atoms with Crippen LogP contribution >= 0.6 is 0 Å². The van der Waals surface area contributed by atoms with Crippen molar-refractivity contribution in [3.05, 3.63) is 48.6 Å². The quantitative estimate of drug-likeness (QED) is 0.510. The zero-order valence-electron chi connectivity index (χ0n) is 9.64. The van der Waals surface area contributed by atoms with Gasteiger partial charge in [-0.15, -0.1) is 13.2 Å². The summed E-state index contributed by atoms with van der Waals surface area (Å²) in [4.78, 5) is 23.0. The molecule has 0 aliphatic carbocycles. The number of rotatable bonds is 0. The summed E-state index contributed by atoms with van der Waals surface area (Å²) in [6.45, 7) is 7.77. The van der Waals surface area contributed by atoms with Crippen molar-refractivity contribution in [2.45, 2.75) is 13.0 Å². The summed E-state index contributed by atoms with van der Waals surface area (Å²) in [7, 11) is 0. The molecule has 0 N–H and O–H groups in total. The topological polar surface area (TPSA) is 52.6 Å². The van der Waals surface area contributed by atoms with Gasteiger partial charge in [-0.25, -0.2) is 9.59 Å². The van der Waals surface area contributed by atoms with Crippen LogP contribution in [0.4, 0.5) is 0 Å². The second kappa shape index (κ2) is 5.84. The Morgan fingerprint density at radius 1 is 1.18 bits per heavy atom. The third-order valence-corrected chi connectivity index (χ3v) is 2.09. The maximum atomic E-state index is 11.5. The van der Waals surface area contributed by atoms with E-state index in [1.54, 1.807) is 25.1 Å². The molecule has 1 aromatic carbocycles. The minimum absolute atomic E-state index is 0.0863. The van der Waals surface area contributed by atoms with Crippen molar-refractivity contribution in [2.75, 3.05) is 6.61 Å². The molecule has 4 nitrogen and oxygen atoms in total. The molecule has 1 heterocycles. The van der Waals surface area contributed by atoms with Crippen LogP contribution in [0, 0.1) is 0 Å². The van der Waals surface area contributed by atoms with Gasteiger partial charge in [-0.2, -0.15) is 0 Å². The fourth-order valence-corrected chi connectivity index (χ4v) is 1.33. The van der Waals surface area contributed by atoms with Crippen molar-refractivity contribution in [1.82, 2.24) is 0 Å². The molecular formula is C13H14O4. The summed E-state index contributed by atoms with van der Waals surface area (Å²) in [6.07, 6.45) is -0.421. The molecule has 0 amide bonds. The fourth-order valence-electron chi connectivity index (χ4n) is 1.33. The SMILES string of the molecule is C=C.CC1COC(=O)c2cccc(c2)C(=O)O1. The van der Waals surface area contributed by atoms with Gasteiger partial charge in [-0.3, -0.25) is 0 Å². The molecule has 1 unspecified atom stereocenters. The van der Waals surface area contributed by atoms with Crippen LogP contribution < -0.4 is 0 Å². The fraction of sp³-hybridized carbons (Fsp3) is 0.231. The Balaban J connectivity index is 0.000000686. The van der Waals surface area contributed by atoms with Crippen LogP contribution in [-0.2, 0) is 9.47 Å². The average molecular weight is 234 g/mol. The van der Waals surface area contributed by atoms with Gasteiger partial charge in [-0.05, 0) is 25.1 Å². The highest BCUT2D eigenvalue weighted by atomic mass is 16.6. The Labute approximate surface area is 99.8 Å². The summed E-state index contributed by atoms with van der Waals surface area (Å²) in [5.41, 5.74) is 0.747. The number of esters is 2. The van der Waals surface area contributed by atoms with Crippen LogP contribution in [-0.4, -0.2) is 24.6 Å². The van der Waals surface area contributed by atoms with Crippen molar-refractivity contribution in [3.8, 4) is 0 Å². The summed E-state index contributed by atoms with van der Waals surface area (Å²) < 4.78 is 9.99. The van der Waals surface area contributed by atoms with E-state index in [0.717, 1.165) is 0 Å². The Morgan fingerprint density at radius 2 is 1.76 bits per heavy atom. The molecule has 0 radical (unpaired) electrons. The number of carbonyl (C=O) groups is 2. The standard InChI is InChI=1S/C11H10O4.C2H4/c1-7-6-14-10(12)8-3-2-4-9(5-8)11(13)15-7;1-2/h2-5,7H,6H2,1H3;1-2H2. The van der Waals surface area contributed by atoms with Gasteiger partial charge in [0, 0.05) is 0 Å². The Hall–Kier alpha value is -2.10. The van der Waals surface area contributed by atoms with E-state index in [1.807, 2.05) is 0 Å². The highest BCUT2D eigenvalue weighted by molar-refractivity contribution is 5.95. The van der Waals surface area contributed by atoms with Gasteiger partial charge in [0.05, 0.1) is 11.1 Å². The number of benzene rings is 1. The second-order valence-electron chi connectivity index (χ2n) is 3.40. The van der Waals surface area contributed by atoms with Crippen molar-refractivity contribution >= 4 is 11.9 Å². The van der Waals surface area contributed by atoms with E-state index in [9.17, 15) is 9.59 Å². The molecule has 17 heavy (non-hydrogen) atoms. The lowest BCUT2D eigenvalue weighted by Crippen LogP contribution is -2.20. The first kappa shape index (κ1) is 13.0. The van der Waals surface area contributed by atoms with E-state index in [1.165, 1.54) is 6.07 Å². The van der Waals surface area contributed by atoms with Crippen molar-refractivity contribution in [3.63, 3.8) is 0 Å². The van der Waals surface area contributed by atoms with E-state index in [-0.39, 0.29) is 6.61 Å². The number of fused-ring (bicyclic) bond motifs is 2. The molecule has 0 spiro atoms.